The van der Waals surface area contributed by atoms with Crippen molar-refractivity contribution in [3.8, 4) is 22.6 Å². The van der Waals surface area contributed by atoms with Gasteiger partial charge in [0.1, 0.15) is 23.3 Å². The minimum absolute atomic E-state index is 0.129. The standard InChI is InChI=1S/C20H19Cl2N3O5/c1-29-6-5-16(20(27)28)25-9-17(30-2)14(8-19(25)26)13-7-12(21)3-4-15(13)24-10-18(22)23-11-24/h3-4,7-11,16H,5-6H2,1-2H3,(H,27,28). The number of halogens is 2. The molecule has 0 aliphatic carbocycles. The van der Waals surface area contributed by atoms with Gasteiger partial charge in [-0.1, -0.05) is 23.2 Å². The largest absolute Gasteiger partial charge is 0.495 e. The fourth-order valence-electron chi connectivity index (χ4n) is 3.14. The molecule has 2 aromatic heterocycles. The first kappa shape index (κ1) is 21.9. The van der Waals surface area contributed by atoms with Crippen molar-refractivity contribution in [2.24, 2.45) is 0 Å². The number of methoxy groups -OCH3 is 2. The maximum Gasteiger partial charge on any atom is 0.326 e. The zero-order valence-corrected chi connectivity index (χ0v) is 17.7. The summed E-state index contributed by atoms with van der Waals surface area (Å²) >= 11 is 12.2. The van der Waals surface area contributed by atoms with E-state index in [-0.39, 0.29) is 13.0 Å². The van der Waals surface area contributed by atoms with E-state index in [1.165, 1.54) is 32.8 Å². The second-order valence-electron chi connectivity index (χ2n) is 6.40. The summed E-state index contributed by atoms with van der Waals surface area (Å²) < 4.78 is 13.3. The molecule has 3 aromatic rings. The third-order valence-corrected chi connectivity index (χ3v) is 4.99. The lowest BCUT2D eigenvalue weighted by Gasteiger charge is -2.19. The SMILES string of the molecule is COCCC(C(=O)O)n1cc(OC)c(-c2cc(Cl)ccc2-n2cnc(Cl)c2)cc1=O. The van der Waals surface area contributed by atoms with E-state index in [1.54, 1.807) is 29.0 Å². The minimum atomic E-state index is -1.14. The van der Waals surface area contributed by atoms with Crippen LogP contribution in [-0.4, -0.2) is 46.0 Å². The molecular formula is C20H19Cl2N3O5. The van der Waals surface area contributed by atoms with Crippen molar-refractivity contribution >= 4 is 29.2 Å². The van der Waals surface area contributed by atoms with Gasteiger partial charge in [-0.3, -0.25) is 9.36 Å². The lowest BCUT2D eigenvalue weighted by molar-refractivity contribution is -0.141. The Morgan fingerprint density at radius 3 is 2.57 bits per heavy atom. The van der Waals surface area contributed by atoms with Crippen molar-refractivity contribution in [2.75, 3.05) is 20.8 Å². The zero-order valence-electron chi connectivity index (χ0n) is 16.2. The molecule has 1 aromatic carbocycles. The summed E-state index contributed by atoms with van der Waals surface area (Å²) in [7, 11) is 2.91. The van der Waals surface area contributed by atoms with E-state index >= 15 is 0 Å². The van der Waals surface area contributed by atoms with Crippen molar-refractivity contribution in [1.29, 1.82) is 0 Å². The van der Waals surface area contributed by atoms with Gasteiger partial charge in [-0.2, -0.15) is 0 Å². The Morgan fingerprint density at radius 1 is 1.20 bits per heavy atom. The predicted molar refractivity (Wildman–Crippen MR) is 113 cm³/mol. The number of aromatic nitrogens is 3. The number of imidazole rings is 1. The van der Waals surface area contributed by atoms with Crippen molar-refractivity contribution in [3.05, 3.63) is 63.5 Å². The van der Waals surface area contributed by atoms with Gasteiger partial charge < -0.3 is 19.1 Å². The Morgan fingerprint density at radius 2 is 1.97 bits per heavy atom. The quantitative estimate of drug-likeness (QED) is 0.560. The van der Waals surface area contributed by atoms with Gasteiger partial charge in [0, 0.05) is 48.6 Å². The molecule has 158 valence electrons. The van der Waals surface area contributed by atoms with Crippen LogP contribution in [0.15, 0.2) is 47.8 Å². The number of hydrogen-bond donors (Lipinski definition) is 1. The van der Waals surface area contributed by atoms with Gasteiger partial charge in [-0.15, -0.1) is 0 Å². The molecule has 10 heteroatoms. The maximum absolute atomic E-state index is 12.9. The molecule has 0 saturated heterocycles. The molecular weight excluding hydrogens is 433 g/mol. The summed E-state index contributed by atoms with van der Waals surface area (Å²) in [5.41, 5.74) is 1.23. The van der Waals surface area contributed by atoms with Crippen LogP contribution in [0.3, 0.4) is 0 Å². The number of carboxylic acids is 1. The van der Waals surface area contributed by atoms with E-state index in [0.717, 1.165) is 4.57 Å². The average molecular weight is 452 g/mol. The first-order valence-electron chi connectivity index (χ1n) is 8.87. The smallest absolute Gasteiger partial charge is 0.326 e. The van der Waals surface area contributed by atoms with Gasteiger partial charge in [0.05, 0.1) is 19.0 Å². The van der Waals surface area contributed by atoms with Crippen LogP contribution in [0.5, 0.6) is 5.75 Å². The summed E-state index contributed by atoms with van der Waals surface area (Å²) in [4.78, 5) is 28.6. The summed E-state index contributed by atoms with van der Waals surface area (Å²) in [6.45, 7) is 0.188. The zero-order chi connectivity index (χ0) is 21.8. The Kier molecular flexibility index (Phi) is 6.81. The first-order chi connectivity index (χ1) is 14.3. The topological polar surface area (TPSA) is 95.6 Å². The van der Waals surface area contributed by atoms with Gasteiger partial charge in [0.25, 0.3) is 5.56 Å². The van der Waals surface area contributed by atoms with Crippen LogP contribution in [0.25, 0.3) is 16.8 Å². The number of hydrogen-bond acceptors (Lipinski definition) is 5. The molecule has 3 rings (SSSR count). The van der Waals surface area contributed by atoms with E-state index in [0.29, 0.717) is 32.7 Å². The summed E-state index contributed by atoms with van der Waals surface area (Å²) in [5.74, 6) is -0.826. The molecule has 1 atom stereocenters. The van der Waals surface area contributed by atoms with Crippen LogP contribution in [0, 0.1) is 0 Å². The minimum Gasteiger partial charge on any atom is -0.495 e. The number of pyridine rings is 1. The number of aliphatic carboxylic acids is 1. The molecule has 8 nitrogen and oxygen atoms in total. The van der Waals surface area contributed by atoms with Gasteiger partial charge in [-0.25, -0.2) is 9.78 Å². The number of carboxylic acid groups (broad SMARTS) is 1. The fourth-order valence-corrected chi connectivity index (χ4v) is 3.46. The highest BCUT2D eigenvalue weighted by Crippen LogP contribution is 2.35. The number of carbonyl (C=O) groups is 1. The summed E-state index contributed by atoms with van der Waals surface area (Å²) in [6.07, 6.45) is 4.67. The molecule has 1 N–H and O–H groups in total. The van der Waals surface area contributed by atoms with Gasteiger partial charge in [-0.05, 0) is 18.2 Å². The third-order valence-electron chi connectivity index (χ3n) is 4.56. The highest BCUT2D eigenvalue weighted by molar-refractivity contribution is 6.31. The van der Waals surface area contributed by atoms with Crippen LogP contribution in [0.2, 0.25) is 10.2 Å². The molecule has 0 saturated carbocycles. The molecule has 0 aliphatic heterocycles. The summed E-state index contributed by atoms with van der Waals surface area (Å²) in [6, 6.07) is 5.39. The van der Waals surface area contributed by atoms with Crippen LogP contribution in [-0.2, 0) is 9.53 Å². The molecule has 0 spiro atoms. The van der Waals surface area contributed by atoms with Crippen LogP contribution < -0.4 is 10.3 Å². The van der Waals surface area contributed by atoms with E-state index in [9.17, 15) is 14.7 Å². The van der Waals surface area contributed by atoms with E-state index < -0.39 is 17.6 Å². The average Bonchev–Trinajstić information content (AvgIpc) is 3.14. The highest BCUT2D eigenvalue weighted by Gasteiger charge is 2.23. The van der Waals surface area contributed by atoms with Crippen LogP contribution >= 0.6 is 23.2 Å². The lowest BCUT2D eigenvalue weighted by atomic mass is 10.0. The third kappa shape index (κ3) is 4.51. The monoisotopic (exact) mass is 451 g/mol. The van der Waals surface area contributed by atoms with Crippen LogP contribution in [0.1, 0.15) is 12.5 Å². The number of ether oxygens (including phenoxy) is 2. The van der Waals surface area contributed by atoms with Gasteiger partial charge in [0.15, 0.2) is 0 Å². The Hall–Kier alpha value is -2.81. The molecule has 0 radical (unpaired) electrons. The first-order valence-corrected chi connectivity index (χ1v) is 9.63. The van der Waals surface area contributed by atoms with Gasteiger partial charge in [0.2, 0.25) is 0 Å². The van der Waals surface area contributed by atoms with Crippen molar-refractivity contribution in [3.63, 3.8) is 0 Å². The van der Waals surface area contributed by atoms with Crippen molar-refractivity contribution in [1.82, 2.24) is 14.1 Å². The number of benzene rings is 1. The van der Waals surface area contributed by atoms with E-state index in [2.05, 4.69) is 4.98 Å². The molecule has 0 bridgehead atoms. The predicted octanol–water partition coefficient (Wildman–Crippen LogP) is 3.68. The molecule has 0 amide bonds. The Balaban J connectivity index is 2.19. The van der Waals surface area contributed by atoms with Crippen LogP contribution in [0.4, 0.5) is 0 Å². The maximum atomic E-state index is 12.9. The second kappa shape index (κ2) is 9.34. The second-order valence-corrected chi connectivity index (χ2v) is 7.23. The van der Waals surface area contributed by atoms with E-state index in [1.807, 2.05) is 0 Å². The highest BCUT2D eigenvalue weighted by atomic mass is 35.5. The number of rotatable bonds is 8. The molecule has 0 aliphatic rings. The summed E-state index contributed by atoms with van der Waals surface area (Å²) in [5, 5.41) is 10.3. The Bertz CT molecular complexity index is 1130. The molecule has 30 heavy (non-hydrogen) atoms. The molecule has 0 fully saturated rings. The van der Waals surface area contributed by atoms with Crippen molar-refractivity contribution < 1.29 is 19.4 Å². The van der Waals surface area contributed by atoms with E-state index in [4.69, 9.17) is 32.7 Å². The fraction of sp³-hybridized carbons (Fsp3) is 0.250. The normalized spacial score (nSPS) is 12.0. The van der Waals surface area contributed by atoms with Gasteiger partial charge >= 0.3 is 5.97 Å². The lowest BCUT2D eigenvalue weighted by Crippen LogP contribution is -2.30. The molecule has 1 unspecified atom stereocenters. The molecule has 2 heterocycles. The Labute approximate surface area is 182 Å². The van der Waals surface area contributed by atoms with Crippen molar-refractivity contribution in [2.45, 2.75) is 12.5 Å². The number of nitrogens with zero attached hydrogens (tertiary/aromatic N) is 3.